The molecule has 1 saturated heterocycles. The van der Waals surface area contributed by atoms with Crippen LogP contribution in [0.2, 0.25) is 0 Å². The molecule has 2 aromatic rings. The van der Waals surface area contributed by atoms with E-state index in [0.717, 1.165) is 31.1 Å². The van der Waals surface area contributed by atoms with Crippen LogP contribution in [-0.2, 0) is 0 Å². The Kier molecular flexibility index (Phi) is 3.95. The number of fused-ring (bicyclic) bond motifs is 1. The summed E-state index contributed by atoms with van der Waals surface area (Å²) in [5, 5.41) is 5.28. The Morgan fingerprint density at radius 2 is 2.10 bits per heavy atom. The molecule has 2 aromatic heterocycles. The topological polar surface area (TPSA) is 53.7 Å². The number of hydrogen-bond acceptors (Lipinski definition) is 6. The number of aromatic nitrogens is 3. The van der Waals surface area contributed by atoms with E-state index in [9.17, 15) is 4.79 Å². The summed E-state index contributed by atoms with van der Waals surface area (Å²) >= 11 is 1.47. The lowest BCUT2D eigenvalue weighted by Gasteiger charge is -2.38. The lowest BCUT2D eigenvalue weighted by molar-refractivity contribution is 0.171. The van der Waals surface area contributed by atoms with Crippen LogP contribution in [0.3, 0.4) is 0 Å². The Morgan fingerprint density at radius 3 is 2.71 bits per heavy atom. The van der Waals surface area contributed by atoms with Gasteiger partial charge in [-0.3, -0.25) is 4.79 Å². The van der Waals surface area contributed by atoms with Crippen LogP contribution in [0.1, 0.15) is 26.7 Å². The molecule has 1 aliphatic heterocycles. The van der Waals surface area contributed by atoms with Gasteiger partial charge in [0.25, 0.3) is 5.56 Å². The van der Waals surface area contributed by atoms with E-state index in [-0.39, 0.29) is 5.56 Å². The first-order chi connectivity index (χ1) is 10.1. The summed E-state index contributed by atoms with van der Waals surface area (Å²) < 4.78 is 1.39. The summed E-state index contributed by atoms with van der Waals surface area (Å²) in [6, 6.07) is 2.54. The van der Waals surface area contributed by atoms with E-state index in [4.69, 9.17) is 0 Å². The Morgan fingerprint density at radius 1 is 1.38 bits per heavy atom. The first-order valence-electron chi connectivity index (χ1n) is 7.38. The Hall–Kier alpha value is -1.47. The Labute approximate surface area is 128 Å². The minimum absolute atomic E-state index is 0.120. The van der Waals surface area contributed by atoms with Crippen molar-refractivity contribution in [2.24, 2.45) is 0 Å². The highest BCUT2D eigenvalue weighted by Gasteiger charge is 2.25. The largest absolute Gasteiger partial charge is 0.347 e. The van der Waals surface area contributed by atoms with Gasteiger partial charge in [-0.15, -0.1) is 5.10 Å². The van der Waals surface area contributed by atoms with Crippen LogP contribution in [0.5, 0.6) is 0 Å². The number of nitrogens with zero attached hydrogens (tertiary/aromatic N) is 5. The summed E-state index contributed by atoms with van der Waals surface area (Å²) in [5.74, 6) is 0. The van der Waals surface area contributed by atoms with Gasteiger partial charge in [0.15, 0.2) is 0 Å². The lowest BCUT2D eigenvalue weighted by atomic mass is 10.0. The fraction of sp³-hybridized carbons (Fsp3) is 0.643. The molecule has 6 nitrogen and oxygen atoms in total. The van der Waals surface area contributed by atoms with Crippen LogP contribution in [0.15, 0.2) is 17.1 Å². The zero-order valence-corrected chi connectivity index (χ0v) is 13.5. The summed E-state index contributed by atoms with van der Waals surface area (Å²) in [6.45, 7) is 6.73. The maximum Gasteiger partial charge on any atom is 0.275 e. The molecule has 0 atom stereocenters. The van der Waals surface area contributed by atoms with Gasteiger partial charge in [0.05, 0.1) is 0 Å². The molecule has 0 N–H and O–H groups in total. The van der Waals surface area contributed by atoms with Crippen molar-refractivity contribution < 1.29 is 0 Å². The molecule has 21 heavy (non-hydrogen) atoms. The second-order valence-electron chi connectivity index (χ2n) is 5.83. The van der Waals surface area contributed by atoms with E-state index >= 15 is 0 Å². The molecular weight excluding hydrogens is 286 g/mol. The van der Waals surface area contributed by atoms with Crippen LogP contribution in [-0.4, -0.2) is 51.7 Å². The highest BCUT2D eigenvalue weighted by atomic mass is 32.1. The van der Waals surface area contributed by atoms with E-state index in [1.54, 1.807) is 6.20 Å². The van der Waals surface area contributed by atoms with Crippen molar-refractivity contribution in [1.82, 2.24) is 19.5 Å². The van der Waals surface area contributed by atoms with Crippen molar-refractivity contribution >= 4 is 21.4 Å². The standard InChI is InChI=1S/C14H21N5OS/c1-10(2)18-8-5-11(6-9-18)17(3)14-16-19-12(20)4-7-15-13(19)21-14/h4,7,10-11H,5-6,8-9H2,1-3H3. The molecule has 0 saturated carbocycles. The molecular formula is C14H21N5OS. The summed E-state index contributed by atoms with van der Waals surface area (Å²) in [6.07, 6.45) is 3.81. The first-order valence-corrected chi connectivity index (χ1v) is 8.19. The van der Waals surface area contributed by atoms with Crippen molar-refractivity contribution in [1.29, 1.82) is 0 Å². The van der Waals surface area contributed by atoms with E-state index in [0.29, 0.717) is 17.0 Å². The van der Waals surface area contributed by atoms with Crippen molar-refractivity contribution in [2.45, 2.75) is 38.8 Å². The van der Waals surface area contributed by atoms with E-state index < -0.39 is 0 Å². The summed E-state index contributed by atoms with van der Waals surface area (Å²) in [4.78, 5) is 21.3. The molecule has 0 unspecified atom stereocenters. The number of likely N-dealkylation sites (tertiary alicyclic amines) is 1. The summed E-state index contributed by atoms with van der Waals surface area (Å²) in [7, 11) is 2.07. The van der Waals surface area contributed by atoms with Crippen LogP contribution >= 0.6 is 11.3 Å². The maximum atomic E-state index is 11.8. The molecule has 3 heterocycles. The quantitative estimate of drug-likeness (QED) is 0.859. The number of rotatable bonds is 3. The molecule has 1 aliphatic rings. The van der Waals surface area contributed by atoms with E-state index in [1.165, 1.54) is 21.9 Å². The lowest BCUT2D eigenvalue weighted by Crippen LogP contribution is -2.45. The maximum absolute atomic E-state index is 11.8. The molecule has 0 aromatic carbocycles. The zero-order chi connectivity index (χ0) is 15.0. The predicted molar refractivity (Wildman–Crippen MR) is 85.3 cm³/mol. The molecule has 0 spiro atoms. The molecule has 3 rings (SSSR count). The second kappa shape index (κ2) is 5.73. The van der Waals surface area contributed by atoms with Crippen LogP contribution < -0.4 is 10.5 Å². The predicted octanol–water partition coefficient (Wildman–Crippen LogP) is 1.46. The SMILES string of the molecule is CC(C)N1CCC(N(C)c2nn3c(=O)ccnc3s2)CC1. The van der Waals surface area contributed by atoms with Gasteiger partial charge in [0.1, 0.15) is 0 Å². The third-order valence-corrected chi connectivity index (χ3v) is 5.25. The number of piperidine rings is 1. The molecule has 1 fully saturated rings. The van der Waals surface area contributed by atoms with Crippen molar-refractivity contribution in [3.8, 4) is 0 Å². The summed E-state index contributed by atoms with van der Waals surface area (Å²) in [5.41, 5.74) is -0.120. The normalized spacial score (nSPS) is 17.7. The van der Waals surface area contributed by atoms with Crippen molar-refractivity contribution in [2.75, 3.05) is 25.0 Å². The van der Waals surface area contributed by atoms with Gasteiger partial charge < -0.3 is 9.80 Å². The monoisotopic (exact) mass is 307 g/mol. The van der Waals surface area contributed by atoms with Gasteiger partial charge in [-0.1, -0.05) is 11.3 Å². The number of hydrogen-bond donors (Lipinski definition) is 0. The van der Waals surface area contributed by atoms with Gasteiger partial charge >= 0.3 is 0 Å². The first kappa shape index (κ1) is 14.5. The van der Waals surface area contributed by atoms with Gasteiger partial charge in [-0.2, -0.15) is 4.52 Å². The van der Waals surface area contributed by atoms with Gasteiger partial charge in [-0.25, -0.2) is 4.98 Å². The van der Waals surface area contributed by atoms with E-state index in [1.807, 2.05) is 0 Å². The average Bonchev–Trinajstić information content (AvgIpc) is 2.92. The molecule has 114 valence electrons. The Balaban J connectivity index is 1.77. The molecule has 0 aliphatic carbocycles. The van der Waals surface area contributed by atoms with Crippen LogP contribution in [0, 0.1) is 0 Å². The van der Waals surface area contributed by atoms with Gasteiger partial charge in [-0.05, 0) is 26.7 Å². The van der Waals surface area contributed by atoms with Crippen LogP contribution in [0.4, 0.5) is 5.13 Å². The number of anilines is 1. The average molecular weight is 307 g/mol. The smallest absolute Gasteiger partial charge is 0.275 e. The third kappa shape index (κ3) is 2.80. The highest BCUT2D eigenvalue weighted by molar-refractivity contribution is 7.20. The zero-order valence-electron chi connectivity index (χ0n) is 12.7. The molecule has 0 radical (unpaired) electrons. The molecule has 7 heteroatoms. The van der Waals surface area contributed by atoms with Crippen molar-refractivity contribution in [3.63, 3.8) is 0 Å². The third-order valence-electron chi connectivity index (χ3n) is 4.24. The van der Waals surface area contributed by atoms with E-state index in [2.05, 4.69) is 40.8 Å². The minimum Gasteiger partial charge on any atom is -0.347 e. The highest BCUT2D eigenvalue weighted by Crippen LogP contribution is 2.26. The molecule has 0 amide bonds. The van der Waals surface area contributed by atoms with Crippen molar-refractivity contribution in [3.05, 3.63) is 22.6 Å². The fourth-order valence-electron chi connectivity index (χ4n) is 2.82. The minimum atomic E-state index is -0.120. The Bertz CT molecular complexity index is 671. The van der Waals surface area contributed by atoms with Gasteiger partial charge in [0, 0.05) is 44.5 Å². The molecule has 0 bridgehead atoms. The van der Waals surface area contributed by atoms with Crippen LogP contribution in [0.25, 0.3) is 4.96 Å². The fourth-order valence-corrected chi connectivity index (χ4v) is 3.73. The van der Waals surface area contributed by atoms with Gasteiger partial charge in [0.2, 0.25) is 10.1 Å². The second-order valence-corrected chi connectivity index (χ2v) is 6.77.